The Morgan fingerprint density at radius 1 is 1.11 bits per heavy atom. The average molecular weight is 384 g/mol. The van der Waals surface area contributed by atoms with Crippen LogP contribution in [0.4, 0.5) is 0 Å². The zero-order chi connectivity index (χ0) is 19.1. The number of hydrogen-bond acceptors (Lipinski definition) is 5. The number of quaternary nitrogens is 1. The molecule has 0 aliphatic rings. The lowest BCUT2D eigenvalue weighted by molar-refractivity contribution is -0.890. The Morgan fingerprint density at radius 3 is 2.44 bits per heavy atom. The molecule has 0 saturated carbocycles. The maximum Gasteiger partial charge on any atom is 0.230 e. The number of likely N-dealkylation sites (N-methyl/N-ethyl adjacent to an activating group) is 1. The van der Waals surface area contributed by atoms with Crippen molar-refractivity contribution >= 4 is 17.7 Å². The molecule has 3 aromatic rings. The van der Waals surface area contributed by atoms with Crippen molar-refractivity contribution in [2.45, 2.75) is 11.2 Å². The van der Waals surface area contributed by atoms with Gasteiger partial charge in [0.1, 0.15) is 6.04 Å². The summed E-state index contributed by atoms with van der Waals surface area (Å²) in [5.74, 6) is 0.224. The smallest absolute Gasteiger partial charge is 0.230 e. The van der Waals surface area contributed by atoms with Gasteiger partial charge in [0.15, 0.2) is 0 Å². The fourth-order valence-corrected chi connectivity index (χ4v) is 3.46. The summed E-state index contributed by atoms with van der Waals surface area (Å²) in [6.45, 7) is 0.579. The van der Waals surface area contributed by atoms with Crippen LogP contribution in [0.15, 0.2) is 65.8 Å². The van der Waals surface area contributed by atoms with Gasteiger partial charge in [0.05, 0.1) is 32.1 Å². The second-order valence-corrected chi connectivity index (χ2v) is 7.28. The first-order valence-corrected chi connectivity index (χ1v) is 9.72. The molecule has 2 aromatic carbocycles. The Hall–Kier alpha value is -2.71. The zero-order valence-electron chi connectivity index (χ0n) is 15.4. The topological polar surface area (TPSA) is 77.1 Å². The van der Waals surface area contributed by atoms with E-state index in [1.165, 1.54) is 22.2 Å². The molecular weight excluding hydrogens is 360 g/mol. The van der Waals surface area contributed by atoms with Crippen LogP contribution >= 0.6 is 11.8 Å². The zero-order valence-corrected chi connectivity index (χ0v) is 16.2. The van der Waals surface area contributed by atoms with E-state index in [0.717, 1.165) is 5.69 Å². The Bertz CT molecular complexity index is 853. The van der Waals surface area contributed by atoms with E-state index in [1.54, 1.807) is 4.68 Å². The van der Waals surface area contributed by atoms with Gasteiger partial charge in [-0.2, -0.15) is 4.68 Å². The molecule has 2 N–H and O–H groups in total. The van der Waals surface area contributed by atoms with Crippen LogP contribution in [0.2, 0.25) is 0 Å². The van der Waals surface area contributed by atoms with E-state index < -0.39 is 0 Å². The number of aromatic nitrogens is 4. The minimum absolute atomic E-state index is 0.0372. The number of para-hydroxylation sites is 1. The molecule has 1 amide bonds. The number of rotatable bonds is 8. The summed E-state index contributed by atoms with van der Waals surface area (Å²) >= 11 is 1.32. The number of benzene rings is 2. The minimum atomic E-state index is -0.0372. The first kappa shape index (κ1) is 19.1. The third-order valence-electron chi connectivity index (χ3n) is 4.18. The van der Waals surface area contributed by atoms with Gasteiger partial charge in [-0.05, 0) is 22.6 Å². The third kappa shape index (κ3) is 5.15. The summed E-state index contributed by atoms with van der Waals surface area (Å²) in [7, 11) is 4.18. The molecule has 3 rings (SSSR count). The van der Waals surface area contributed by atoms with Gasteiger partial charge in [0.2, 0.25) is 11.1 Å². The molecule has 27 heavy (non-hydrogen) atoms. The maximum atomic E-state index is 12.3. The van der Waals surface area contributed by atoms with Crippen LogP contribution in [-0.4, -0.2) is 52.5 Å². The SMILES string of the molecule is C[NH+](C)[C@H](CNC(=O)CSc1nnnn1-c1ccccc1)c1ccccc1. The first-order chi connectivity index (χ1) is 13.1. The van der Waals surface area contributed by atoms with Gasteiger partial charge >= 0.3 is 0 Å². The number of tetrazole rings is 1. The molecule has 0 fully saturated rings. The molecule has 1 heterocycles. The van der Waals surface area contributed by atoms with Crippen molar-refractivity contribution < 1.29 is 9.69 Å². The summed E-state index contributed by atoms with van der Waals surface area (Å²) in [4.78, 5) is 13.6. The number of thioether (sulfide) groups is 1. The fraction of sp³-hybridized carbons (Fsp3) is 0.263. The number of nitrogens with one attached hydrogen (secondary N) is 2. The fourth-order valence-electron chi connectivity index (χ4n) is 2.74. The van der Waals surface area contributed by atoms with E-state index in [2.05, 4.69) is 47.1 Å². The Morgan fingerprint density at radius 2 is 1.78 bits per heavy atom. The van der Waals surface area contributed by atoms with Gasteiger partial charge in [-0.1, -0.05) is 60.3 Å². The van der Waals surface area contributed by atoms with Gasteiger partial charge in [0, 0.05) is 5.56 Å². The van der Waals surface area contributed by atoms with Crippen LogP contribution in [0.25, 0.3) is 5.69 Å². The molecule has 8 heteroatoms. The maximum absolute atomic E-state index is 12.3. The van der Waals surface area contributed by atoms with Crippen molar-refractivity contribution in [3.8, 4) is 5.69 Å². The number of carbonyl (C=O) groups is 1. The number of hydrogen-bond donors (Lipinski definition) is 2. The quantitative estimate of drug-likeness (QED) is 0.562. The molecule has 0 radical (unpaired) electrons. The van der Waals surface area contributed by atoms with Gasteiger partial charge in [-0.3, -0.25) is 4.79 Å². The molecule has 0 unspecified atom stereocenters. The van der Waals surface area contributed by atoms with Gasteiger partial charge < -0.3 is 10.2 Å². The van der Waals surface area contributed by atoms with E-state index in [-0.39, 0.29) is 17.7 Å². The van der Waals surface area contributed by atoms with Crippen LogP contribution in [0.5, 0.6) is 0 Å². The van der Waals surface area contributed by atoms with Crippen LogP contribution in [0.3, 0.4) is 0 Å². The summed E-state index contributed by atoms with van der Waals surface area (Å²) < 4.78 is 1.63. The Balaban J connectivity index is 1.55. The Labute approximate surface area is 162 Å². The second-order valence-electron chi connectivity index (χ2n) is 6.34. The molecule has 7 nitrogen and oxygen atoms in total. The predicted molar refractivity (Wildman–Crippen MR) is 105 cm³/mol. The monoisotopic (exact) mass is 383 g/mol. The summed E-state index contributed by atoms with van der Waals surface area (Å²) in [6.07, 6.45) is 0. The molecule has 0 bridgehead atoms. The highest BCUT2D eigenvalue weighted by Gasteiger charge is 2.19. The van der Waals surface area contributed by atoms with E-state index >= 15 is 0 Å². The van der Waals surface area contributed by atoms with E-state index in [1.807, 2.05) is 48.5 Å². The van der Waals surface area contributed by atoms with E-state index in [4.69, 9.17) is 0 Å². The summed E-state index contributed by atoms with van der Waals surface area (Å²) in [6, 6.07) is 20.0. The predicted octanol–water partition coefficient (Wildman–Crippen LogP) is 0.756. The largest absolute Gasteiger partial charge is 0.349 e. The summed E-state index contributed by atoms with van der Waals surface area (Å²) in [5.41, 5.74) is 2.07. The summed E-state index contributed by atoms with van der Waals surface area (Å²) in [5, 5.41) is 15.4. The standard InChI is InChI=1S/C19H22N6OS/c1-24(2)17(15-9-5-3-6-10-15)13-20-18(26)14-27-19-21-22-23-25(19)16-11-7-4-8-12-16/h3-12,17H,13-14H2,1-2H3,(H,20,26)/p+1/t17-/m1/s1. The molecule has 0 aliphatic heterocycles. The van der Waals surface area contributed by atoms with Crippen molar-refractivity contribution in [3.63, 3.8) is 0 Å². The van der Waals surface area contributed by atoms with E-state index in [9.17, 15) is 4.79 Å². The highest BCUT2D eigenvalue weighted by atomic mass is 32.2. The molecule has 0 spiro atoms. The van der Waals surface area contributed by atoms with Crippen molar-refractivity contribution in [3.05, 3.63) is 66.2 Å². The van der Waals surface area contributed by atoms with Crippen LogP contribution in [-0.2, 0) is 4.79 Å². The second kappa shape index (κ2) is 9.29. The average Bonchev–Trinajstić information content (AvgIpc) is 3.16. The number of nitrogens with zero attached hydrogens (tertiary/aromatic N) is 4. The van der Waals surface area contributed by atoms with Crippen molar-refractivity contribution in [2.75, 3.05) is 26.4 Å². The molecule has 1 aromatic heterocycles. The minimum Gasteiger partial charge on any atom is -0.349 e. The highest BCUT2D eigenvalue weighted by Crippen LogP contribution is 2.17. The lowest BCUT2D eigenvalue weighted by atomic mass is 10.1. The lowest BCUT2D eigenvalue weighted by Gasteiger charge is -2.22. The van der Waals surface area contributed by atoms with Gasteiger partial charge in [-0.25, -0.2) is 0 Å². The van der Waals surface area contributed by atoms with Crippen LogP contribution in [0, 0.1) is 0 Å². The van der Waals surface area contributed by atoms with Crippen LogP contribution < -0.4 is 10.2 Å². The molecule has 0 saturated heterocycles. The number of carbonyl (C=O) groups excluding carboxylic acids is 1. The number of amides is 1. The molecule has 140 valence electrons. The van der Waals surface area contributed by atoms with Gasteiger partial charge in [-0.15, -0.1) is 5.10 Å². The normalized spacial score (nSPS) is 12.1. The Kier molecular flexibility index (Phi) is 6.56. The molecule has 1 atom stereocenters. The molecule has 0 aliphatic carbocycles. The third-order valence-corrected chi connectivity index (χ3v) is 5.10. The highest BCUT2D eigenvalue weighted by molar-refractivity contribution is 7.99. The van der Waals surface area contributed by atoms with Crippen molar-refractivity contribution in [1.29, 1.82) is 0 Å². The van der Waals surface area contributed by atoms with Crippen molar-refractivity contribution in [1.82, 2.24) is 25.5 Å². The van der Waals surface area contributed by atoms with E-state index in [0.29, 0.717) is 11.7 Å². The van der Waals surface area contributed by atoms with Crippen LogP contribution in [0.1, 0.15) is 11.6 Å². The first-order valence-electron chi connectivity index (χ1n) is 8.73. The van der Waals surface area contributed by atoms with Gasteiger partial charge in [0.25, 0.3) is 0 Å². The van der Waals surface area contributed by atoms with Crippen molar-refractivity contribution in [2.24, 2.45) is 0 Å². The lowest BCUT2D eigenvalue weighted by Crippen LogP contribution is -3.07. The molecular formula is C19H23N6OS+.